The van der Waals surface area contributed by atoms with Crippen molar-refractivity contribution in [3.8, 4) is 5.75 Å². The second kappa shape index (κ2) is 14.1. The summed E-state index contributed by atoms with van der Waals surface area (Å²) in [5.41, 5.74) is 0.334. The molecule has 0 spiro atoms. The maximum Gasteiger partial charge on any atom is 0.272 e. The van der Waals surface area contributed by atoms with Crippen LogP contribution in [0.2, 0.25) is 5.02 Å². The number of ether oxygens (including phenoxy) is 1. The second-order valence-corrected chi connectivity index (χ2v) is 8.59. The lowest BCUT2D eigenvalue weighted by Gasteiger charge is -2.26. The molecule has 178 valence electrons. The van der Waals surface area contributed by atoms with E-state index in [4.69, 9.17) is 16.3 Å². The summed E-state index contributed by atoms with van der Waals surface area (Å²) in [4.78, 5) is 15.1. The van der Waals surface area contributed by atoms with Gasteiger partial charge in [-0.25, -0.2) is 9.07 Å². The summed E-state index contributed by atoms with van der Waals surface area (Å²) < 4.78 is 20.3. The largest absolute Gasteiger partial charge is 0.471 e. The molecule has 1 unspecified atom stereocenters. The highest BCUT2D eigenvalue weighted by atomic mass is 35.5. The molecule has 1 heterocycles. The lowest BCUT2D eigenvalue weighted by molar-refractivity contribution is 0.0921. The predicted octanol–water partition coefficient (Wildman–Crippen LogP) is 5.51. The van der Waals surface area contributed by atoms with Crippen LogP contribution in [-0.2, 0) is 6.73 Å². The Labute approximate surface area is 196 Å². The Balaban J connectivity index is 1.83. The first-order valence-corrected chi connectivity index (χ1v) is 11.9. The fourth-order valence-electron chi connectivity index (χ4n) is 3.46. The van der Waals surface area contributed by atoms with Crippen molar-refractivity contribution in [2.24, 2.45) is 0 Å². The summed E-state index contributed by atoms with van der Waals surface area (Å²) >= 11 is 5.76. The molecule has 1 atom stereocenters. The summed E-state index contributed by atoms with van der Waals surface area (Å²) in [6, 6.07) is 5.82. The van der Waals surface area contributed by atoms with E-state index in [0.29, 0.717) is 11.4 Å². The predicted molar refractivity (Wildman–Crippen MR) is 127 cm³/mol. The van der Waals surface area contributed by atoms with E-state index in [2.05, 4.69) is 29.2 Å². The van der Waals surface area contributed by atoms with E-state index in [9.17, 15) is 9.18 Å². The zero-order valence-corrected chi connectivity index (χ0v) is 20.2. The van der Waals surface area contributed by atoms with Gasteiger partial charge in [-0.2, -0.15) is 5.10 Å². The van der Waals surface area contributed by atoms with Crippen molar-refractivity contribution < 1.29 is 13.9 Å². The van der Waals surface area contributed by atoms with Crippen molar-refractivity contribution in [3.05, 3.63) is 47.0 Å². The molecule has 1 aromatic carbocycles. The van der Waals surface area contributed by atoms with Crippen LogP contribution in [0.25, 0.3) is 0 Å². The number of carbonyl (C=O) groups excluding carboxylic acids is 1. The number of nitrogens with zero attached hydrogens (tertiary/aromatic N) is 3. The highest BCUT2D eigenvalue weighted by Gasteiger charge is 2.16. The Kier molecular flexibility index (Phi) is 11.5. The van der Waals surface area contributed by atoms with Crippen molar-refractivity contribution in [3.63, 3.8) is 0 Å². The van der Waals surface area contributed by atoms with E-state index in [1.165, 1.54) is 61.4 Å². The number of amides is 1. The normalized spacial score (nSPS) is 12.2. The number of hydrogen-bond acceptors (Lipinski definition) is 4. The third-order valence-electron chi connectivity index (χ3n) is 5.19. The molecule has 32 heavy (non-hydrogen) atoms. The van der Waals surface area contributed by atoms with E-state index in [1.807, 2.05) is 6.92 Å². The molecule has 8 heteroatoms. The first-order chi connectivity index (χ1) is 15.4. The Morgan fingerprint density at radius 1 is 1.19 bits per heavy atom. The molecule has 6 nitrogen and oxygen atoms in total. The Morgan fingerprint density at radius 2 is 1.88 bits per heavy atom. The zero-order valence-electron chi connectivity index (χ0n) is 19.4. The average molecular weight is 467 g/mol. The lowest BCUT2D eigenvalue weighted by atomic mass is 10.2. The number of halogens is 2. The van der Waals surface area contributed by atoms with Gasteiger partial charge >= 0.3 is 0 Å². The molecular formula is C24H36ClFN4O2. The molecule has 1 N–H and O–H groups in total. The number of benzene rings is 1. The van der Waals surface area contributed by atoms with Crippen molar-refractivity contribution in [2.45, 2.75) is 72.1 Å². The van der Waals surface area contributed by atoms with Crippen LogP contribution < -0.4 is 10.1 Å². The van der Waals surface area contributed by atoms with E-state index in [0.717, 1.165) is 19.6 Å². The van der Waals surface area contributed by atoms with Crippen molar-refractivity contribution in [1.82, 2.24) is 20.0 Å². The molecule has 0 fully saturated rings. The van der Waals surface area contributed by atoms with E-state index < -0.39 is 5.82 Å². The standard InChI is InChI=1S/C24H36ClFN4O2/c1-4-6-8-13-29(14-9-7-5-2)17-19(3)27-24(31)23-12-15-30(28-23)18-32-20-10-11-22(26)21(25)16-20/h10-12,15-16,19H,4-9,13-14,17-18H2,1-3H3,(H,27,31). The van der Waals surface area contributed by atoms with Gasteiger partial charge in [-0.15, -0.1) is 0 Å². The molecular weight excluding hydrogens is 431 g/mol. The zero-order chi connectivity index (χ0) is 23.3. The molecule has 1 aromatic heterocycles. The number of hydrogen-bond donors (Lipinski definition) is 1. The SMILES string of the molecule is CCCCCN(CCCCC)CC(C)NC(=O)c1ccn(COc2ccc(F)c(Cl)c2)n1. The van der Waals surface area contributed by atoms with E-state index in [-0.39, 0.29) is 23.7 Å². The molecule has 0 aliphatic carbocycles. The summed E-state index contributed by atoms with van der Waals surface area (Å²) in [5, 5.41) is 7.33. The van der Waals surface area contributed by atoms with Crippen LogP contribution in [0.1, 0.15) is 69.8 Å². The third-order valence-corrected chi connectivity index (χ3v) is 5.48. The smallest absolute Gasteiger partial charge is 0.272 e. The van der Waals surface area contributed by atoms with Gasteiger partial charge in [0, 0.05) is 24.8 Å². The molecule has 0 radical (unpaired) electrons. The monoisotopic (exact) mass is 466 g/mol. The maximum atomic E-state index is 13.2. The topological polar surface area (TPSA) is 59.4 Å². The molecule has 0 aliphatic rings. The van der Waals surface area contributed by atoms with E-state index in [1.54, 1.807) is 12.3 Å². The molecule has 2 aromatic rings. The minimum Gasteiger partial charge on any atom is -0.471 e. The minimum absolute atomic E-state index is 0.00421. The van der Waals surface area contributed by atoms with Gasteiger partial charge in [-0.1, -0.05) is 51.1 Å². The Hall–Kier alpha value is -2.12. The van der Waals surface area contributed by atoms with Crippen LogP contribution >= 0.6 is 11.6 Å². The second-order valence-electron chi connectivity index (χ2n) is 8.18. The number of aromatic nitrogens is 2. The van der Waals surface area contributed by atoms with Gasteiger partial charge in [0.1, 0.15) is 17.3 Å². The number of unbranched alkanes of at least 4 members (excludes halogenated alkanes) is 4. The van der Waals surface area contributed by atoms with Crippen molar-refractivity contribution in [1.29, 1.82) is 0 Å². The summed E-state index contributed by atoms with van der Waals surface area (Å²) in [6.07, 6.45) is 8.92. The van der Waals surface area contributed by atoms with Gasteiger partial charge in [-0.05, 0) is 51.1 Å². The maximum absolute atomic E-state index is 13.2. The van der Waals surface area contributed by atoms with Crippen LogP contribution in [0.3, 0.4) is 0 Å². The Bertz CT molecular complexity index is 820. The summed E-state index contributed by atoms with van der Waals surface area (Å²) in [6.45, 7) is 9.51. The van der Waals surface area contributed by atoms with Crippen molar-refractivity contribution >= 4 is 17.5 Å². The molecule has 0 bridgehead atoms. The summed E-state index contributed by atoms with van der Waals surface area (Å²) in [5.74, 6) is -0.277. The fourth-order valence-corrected chi connectivity index (χ4v) is 3.63. The quantitative estimate of drug-likeness (QED) is 0.351. The van der Waals surface area contributed by atoms with Gasteiger partial charge in [-0.3, -0.25) is 4.79 Å². The van der Waals surface area contributed by atoms with Crippen LogP contribution in [-0.4, -0.2) is 46.3 Å². The molecule has 2 rings (SSSR count). The van der Waals surface area contributed by atoms with Crippen LogP contribution in [0.5, 0.6) is 5.75 Å². The van der Waals surface area contributed by atoms with E-state index >= 15 is 0 Å². The molecule has 0 aliphatic heterocycles. The van der Waals surface area contributed by atoms with Gasteiger partial charge in [0.15, 0.2) is 6.73 Å². The van der Waals surface area contributed by atoms with Gasteiger partial charge < -0.3 is 15.0 Å². The Morgan fingerprint density at radius 3 is 2.50 bits per heavy atom. The highest BCUT2D eigenvalue weighted by Crippen LogP contribution is 2.21. The number of carbonyl (C=O) groups is 1. The third kappa shape index (κ3) is 9.17. The fraction of sp³-hybridized carbons (Fsp3) is 0.583. The number of nitrogens with one attached hydrogen (secondary N) is 1. The van der Waals surface area contributed by atoms with Crippen molar-refractivity contribution in [2.75, 3.05) is 19.6 Å². The van der Waals surface area contributed by atoms with Gasteiger partial charge in [0.05, 0.1) is 5.02 Å². The molecule has 0 saturated carbocycles. The number of rotatable bonds is 15. The van der Waals surface area contributed by atoms with Gasteiger partial charge in [0.25, 0.3) is 5.91 Å². The average Bonchev–Trinajstić information content (AvgIpc) is 3.24. The van der Waals surface area contributed by atoms with Crippen LogP contribution in [0.4, 0.5) is 4.39 Å². The first-order valence-electron chi connectivity index (χ1n) is 11.6. The van der Waals surface area contributed by atoms with Crippen LogP contribution in [0.15, 0.2) is 30.5 Å². The molecule has 1 amide bonds. The first kappa shape index (κ1) is 26.1. The highest BCUT2D eigenvalue weighted by molar-refractivity contribution is 6.30. The summed E-state index contributed by atoms with van der Waals surface area (Å²) in [7, 11) is 0. The molecule has 0 saturated heterocycles. The lowest BCUT2D eigenvalue weighted by Crippen LogP contribution is -2.42. The van der Waals surface area contributed by atoms with Crippen LogP contribution in [0, 0.1) is 5.82 Å². The minimum atomic E-state index is -0.500. The van der Waals surface area contributed by atoms with Gasteiger partial charge in [0.2, 0.25) is 0 Å².